The lowest BCUT2D eigenvalue weighted by Gasteiger charge is -2.38. The second-order valence-corrected chi connectivity index (χ2v) is 10.2. The van der Waals surface area contributed by atoms with Crippen LogP contribution in [0.25, 0.3) is 0 Å². The van der Waals surface area contributed by atoms with Crippen molar-refractivity contribution in [1.29, 1.82) is 0 Å². The van der Waals surface area contributed by atoms with Crippen LogP contribution in [0.5, 0.6) is 0 Å². The van der Waals surface area contributed by atoms with E-state index < -0.39 is 8.32 Å². The van der Waals surface area contributed by atoms with E-state index in [1.165, 1.54) is 0 Å². The molecule has 1 atom stereocenters. The molecule has 0 aromatic carbocycles. The molecule has 0 rings (SSSR count). The van der Waals surface area contributed by atoms with Gasteiger partial charge in [-0.15, -0.1) is 0 Å². The van der Waals surface area contributed by atoms with E-state index in [1.807, 2.05) is 0 Å². The molecule has 0 aromatic heterocycles. The van der Waals surface area contributed by atoms with E-state index in [0.29, 0.717) is 11.1 Å². The quantitative estimate of drug-likeness (QED) is 0.549. The van der Waals surface area contributed by atoms with Crippen LogP contribution in [0.3, 0.4) is 0 Å². The number of rotatable bonds is 3. The fourth-order valence-corrected chi connectivity index (χ4v) is 2.53. The SMILES string of the molecule is CC(CBr)O[Si](C)(C)C(C)(C)C. The van der Waals surface area contributed by atoms with Gasteiger partial charge in [-0.2, -0.15) is 0 Å². The van der Waals surface area contributed by atoms with Crippen LogP contribution in [0.1, 0.15) is 27.7 Å². The van der Waals surface area contributed by atoms with Crippen molar-refractivity contribution >= 4 is 24.2 Å². The first kappa shape index (κ1) is 12.7. The first-order valence-electron chi connectivity index (χ1n) is 4.44. The molecular formula is C9H21BrOSi. The predicted molar refractivity (Wildman–Crippen MR) is 61.5 cm³/mol. The molecule has 0 amide bonds. The average Bonchev–Trinajstić information content (AvgIpc) is 1.84. The first-order chi connectivity index (χ1) is 5.20. The Hall–Kier alpha value is 0.657. The van der Waals surface area contributed by atoms with E-state index in [0.717, 1.165) is 5.33 Å². The minimum Gasteiger partial charge on any atom is -0.413 e. The number of hydrogen-bond acceptors (Lipinski definition) is 1. The summed E-state index contributed by atoms with van der Waals surface area (Å²) in [5.74, 6) is 0. The highest BCUT2D eigenvalue weighted by Crippen LogP contribution is 2.37. The third kappa shape index (κ3) is 3.58. The van der Waals surface area contributed by atoms with E-state index in [1.54, 1.807) is 0 Å². The van der Waals surface area contributed by atoms with Gasteiger partial charge in [0.2, 0.25) is 0 Å². The standard InChI is InChI=1S/C9H21BrOSi/c1-8(7-10)11-12(5,6)9(2,3)4/h8H,7H2,1-6H3. The molecule has 0 bridgehead atoms. The van der Waals surface area contributed by atoms with Crippen molar-refractivity contribution in [2.75, 3.05) is 5.33 Å². The van der Waals surface area contributed by atoms with Crippen molar-refractivity contribution in [2.45, 2.75) is 51.9 Å². The van der Waals surface area contributed by atoms with Gasteiger partial charge in [0.05, 0.1) is 6.10 Å². The zero-order valence-electron chi connectivity index (χ0n) is 9.07. The molecule has 0 radical (unpaired) electrons. The predicted octanol–water partition coefficient (Wildman–Crippen LogP) is 3.79. The van der Waals surface area contributed by atoms with Crippen molar-refractivity contribution in [3.8, 4) is 0 Å². The Morgan fingerprint density at radius 3 is 2.00 bits per heavy atom. The fraction of sp³-hybridized carbons (Fsp3) is 1.00. The van der Waals surface area contributed by atoms with Gasteiger partial charge >= 0.3 is 0 Å². The lowest BCUT2D eigenvalue weighted by molar-refractivity contribution is 0.223. The highest BCUT2D eigenvalue weighted by molar-refractivity contribution is 9.09. The molecule has 3 heteroatoms. The van der Waals surface area contributed by atoms with E-state index in [2.05, 4.69) is 56.7 Å². The molecule has 0 aliphatic rings. The van der Waals surface area contributed by atoms with Gasteiger partial charge in [-0.3, -0.25) is 0 Å². The van der Waals surface area contributed by atoms with Crippen LogP contribution in [0.4, 0.5) is 0 Å². The van der Waals surface area contributed by atoms with Crippen LogP contribution in [-0.2, 0) is 4.43 Å². The molecule has 0 spiro atoms. The van der Waals surface area contributed by atoms with Crippen molar-refractivity contribution in [3.05, 3.63) is 0 Å². The zero-order valence-corrected chi connectivity index (χ0v) is 11.7. The topological polar surface area (TPSA) is 9.23 Å². The molecule has 0 aromatic rings. The summed E-state index contributed by atoms with van der Waals surface area (Å²) in [4.78, 5) is 0. The van der Waals surface area contributed by atoms with Gasteiger partial charge in [0.15, 0.2) is 8.32 Å². The van der Waals surface area contributed by atoms with Crippen LogP contribution in [0.2, 0.25) is 18.1 Å². The van der Waals surface area contributed by atoms with Crippen molar-refractivity contribution < 1.29 is 4.43 Å². The van der Waals surface area contributed by atoms with E-state index in [9.17, 15) is 0 Å². The maximum atomic E-state index is 6.04. The van der Waals surface area contributed by atoms with Crippen LogP contribution < -0.4 is 0 Å². The van der Waals surface area contributed by atoms with Gasteiger partial charge in [-0.25, -0.2) is 0 Å². The summed E-state index contributed by atoms with van der Waals surface area (Å²) in [6, 6.07) is 0. The van der Waals surface area contributed by atoms with Crippen LogP contribution in [-0.4, -0.2) is 19.8 Å². The molecule has 0 heterocycles. The number of hydrogen-bond donors (Lipinski definition) is 0. The summed E-state index contributed by atoms with van der Waals surface area (Å²) in [5.41, 5.74) is 0. The third-order valence-electron chi connectivity index (χ3n) is 2.52. The molecule has 12 heavy (non-hydrogen) atoms. The first-order valence-corrected chi connectivity index (χ1v) is 8.47. The van der Waals surface area contributed by atoms with Crippen molar-refractivity contribution in [1.82, 2.24) is 0 Å². The van der Waals surface area contributed by atoms with Crippen LogP contribution in [0, 0.1) is 0 Å². The molecule has 0 saturated carbocycles. The second-order valence-electron chi connectivity index (χ2n) is 4.84. The van der Waals surface area contributed by atoms with Crippen molar-refractivity contribution in [2.24, 2.45) is 0 Å². The molecule has 0 N–H and O–H groups in total. The Balaban J connectivity index is 4.22. The average molecular weight is 253 g/mol. The number of halogens is 1. The lowest BCUT2D eigenvalue weighted by atomic mass is 10.2. The van der Waals surface area contributed by atoms with Gasteiger partial charge in [0.25, 0.3) is 0 Å². The maximum Gasteiger partial charge on any atom is 0.192 e. The van der Waals surface area contributed by atoms with E-state index in [4.69, 9.17) is 4.43 Å². The molecular weight excluding hydrogens is 232 g/mol. The maximum absolute atomic E-state index is 6.04. The summed E-state index contributed by atoms with van der Waals surface area (Å²) in [5, 5.41) is 1.25. The molecule has 74 valence electrons. The molecule has 1 nitrogen and oxygen atoms in total. The van der Waals surface area contributed by atoms with Gasteiger partial charge in [0, 0.05) is 5.33 Å². The number of alkyl halides is 1. The largest absolute Gasteiger partial charge is 0.413 e. The van der Waals surface area contributed by atoms with Crippen molar-refractivity contribution in [3.63, 3.8) is 0 Å². The Labute approximate surface area is 86.1 Å². The monoisotopic (exact) mass is 252 g/mol. The second kappa shape index (κ2) is 4.25. The Kier molecular flexibility index (Phi) is 4.48. The summed E-state index contributed by atoms with van der Waals surface area (Å²) in [6.07, 6.45) is 0.339. The van der Waals surface area contributed by atoms with Crippen LogP contribution in [0.15, 0.2) is 0 Å². The summed E-state index contributed by atoms with van der Waals surface area (Å²) in [7, 11) is -1.52. The Morgan fingerprint density at radius 1 is 1.33 bits per heavy atom. The highest BCUT2D eigenvalue weighted by Gasteiger charge is 2.38. The lowest BCUT2D eigenvalue weighted by Crippen LogP contribution is -2.43. The highest BCUT2D eigenvalue weighted by atomic mass is 79.9. The molecule has 0 aliphatic carbocycles. The smallest absolute Gasteiger partial charge is 0.192 e. The third-order valence-corrected chi connectivity index (χ3v) is 8.04. The summed E-state index contributed by atoms with van der Waals surface area (Å²) >= 11 is 3.43. The Morgan fingerprint density at radius 2 is 1.75 bits per heavy atom. The van der Waals surface area contributed by atoms with Gasteiger partial charge in [-0.1, -0.05) is 36.7 Å². The summed E-state index contributed by atoms with van der Waals surface area (Å²) < 4.78 is 6.04. The zero-order chi connectivity index (χ0) is 9.99. The fourth-order valence-electron chi connectivity index (χ4n) is 0.711. The summed E-state index contributed by atoms with van der Waals surface area (Å²) in [6.45, 7) is 13.5. The van der Waals surface area contributed by atoms with Gasteiger partial charge < -0.3 is 4.43 Å². The minimum atomic E-state index is -1.52. The van der Waals surface area contributed by atoms with E-state index in [-0.39, 0.29) is 0 Å². The Bertz CT molecular complexity index is 140. The molecule has 0 aliphatic heterocycles. The minimum absolute atomic E-state index is 0.323. The normalized spacial score (nSPS) is 16.2. The molecule has 0 fully saturated rings. The van der Waals surface area contributed by atoms with Gasteiger partial charge in [-0.05, 0) is 25.1 Å². The van der Waals surface area contributed by atoms with Gasteiger partial charge in [0.1, 0.15) is 0 Å². The molecule has 0 saturated heterocycles. The van der Waals surface area contributed by atoms with Crippen LogP contribution >= 0.6 is 15.9 Å². The van der Waals surface area contributed by atoms with E-state index >= 15 is 0 Å². The molecule has 1 unspecified atom stereocenters.